The molecule has 5 atom stereocenters. The summed E-state index contributed by atoms with van der Waals surface area (Å²) < 4.78 is 11.9. The van der Waals surface area contributed by atoms with Crippen LogP contribution in [0.5, 0.6) is 0 Å². The van der Waals surface area contributed by atoms with E-state index in [-0.39, 0.29) is 30.3 Å². The number of fused-ring (bicyclic) bond motifs is 3. The molecule has 1 saturated heterocycles. The van der Waals surface area contributed by atoms with Crippen molar-refractivity contribution in [2.45, 2.75) is 95.9 Å². The van der Waals surface area contributed by atoms with Gasteiger partial charge in [-0.05, 0) is 74.9 Å². The van der Waals surface area contributed by atoms with Gasteiger partial charge in [0.25, 0.3) is 0 Å². The van der Waals surface area contributed by atoms with Crippen LogP contribution >= 0.6 is 0 Å². The van der Waals surface area contributed by atoms with Crippen molar-refractivity contribution in [1.29, 1.82) is 0 Å². The quantitative estimate of drug-likeness (QED) is 0.580. The van der Waals surface area contributed by atoms with E-state index in [0.29, 0.717) is 5.92 Å². The number of hydrogen-bond donors (Lipinski definition) is 1. The molecular weight excluding hydrogens is 388 g/mol. The predicted molar refractivity (Wildman–Crippen MR) is 120 cm³/mol. The van der Waals surface area contributed by atoms with Gasteiger partial charge in [-0.15, -0.1) is 0 Å². The number of rotatable bonds is 5. The molecule has 3 fully saturated rings. The summed E-state index contributed by atoms with van der Waals surface area (Å²) in [7, 11) is 0. The van der Waals surface area contributed by atoms with Crippen molar-refractivity contribution in [3.8, 4) is 0 Å². The van der Waals surface area contributed by atoms with Crippen LogP contribution in [0.1, 0.15) is 83.5 Å². The number of carbonyl (C=O) groups excluding carboxylic acids is 1. The van der Waals surface area contributed by atoms with Gasteiger partial charge >= 0.3 is 0 Å². The summed E-state index contributed by atoms with van der Waals surface area (Å²) in [5, 5.41) is 10.4. The zero-order valence-electron chi connectivity index (χ0n) is 18.8. The van der Waals surface area contributed by atoms with E-state index in [1.54, 1.807) is 5.57 Å². The van der Waals surface area contributed by atoms with Gasteiger partial charge in [0.15, 0.2) is 5.78 Å². The predicted octanol–water partition coefficient (Wildman–Crippen LogP) is 5.62. The second-order valence-corrected chi connectivity index (χ2v) is 10.4. The molecule has 170 valence electrons. The largest absolute Gasteiger partial charge is 0.465 e. The zero-order valence-corrected chi connectivity index (χ0v) is 18.8. The van der Waals surface area contributed by atoms with E-state index in [2.05, 4.69) is 12.2 Å². The molecule has 0 radical (unpaired) electrons. The van der Waals surface area contributed by atoms with Crippen molar-refractivity contribution in [3.05, 3.63) is 35.1 Å². The van der Waals surface area contributed by atoms with E-state index in [0.717, 1.165) is 50.2 Å². The summed E-state index contributed by atoms with van der Waals surface area (Å²) in [5.74, 6) is 2.57. The molecule has 0 spiro atoms. The van der Waals surface area contributed by atoms with Gasteiger partial charge in [0.1, 0.15) is 12.4 Å². The Labute approximate surface area is 186 Å². The van der Waals surface area contributed by atoms with Gasteiger partial charge in [-0.2, -0.15) is 0 Å². The van der Waals surface area contributed by atoms with Gasteiger partial charge in [0.05, 0.1) is 6.10 Å². The van der Waals surface area contributed by atoms with E-state index in [4.69, 9.17) is 9.47 Å². The van der Waals surface area contributed by atoms with Crippen LogP contribution in [0.3, 0.4) is 0 Å². The van der Waals surface area contributed by atoms with Gasteiger partial charge in [0, 0.05) is 11.8 Å². The van der Waals surface area contributed by atoms with E-state index in [1.807, 2.05) is 6.08 Å². The van der Waals surface area contributed by atoms with Gasteiger partial charge in [-0.1, -0.05) is 49.8 Å². The normalized spacial score (nSPS) is 36.3. The van der Waals surface area contributed by atoms with E-state index < -0.39 is 6.29 Å². The molecule has 0 amide bonds. The average Bonchev–Trinajstić information content (AvgIpc) is 2.83. The van der Waals surface area contributed by atoms with Gasteiger partial charge < -0.3 is 14.6 Å². The first kappa shape index (κ1) is 21.5. The fourth-order valence-electron chi connectivity index (χ4n) is 6.64. The highest BCUT2D eigenvalue weighted by molar-refractivity contribution is 5.82. The number of ether oxygens (including phenoxy) is 2. The maximum absolute atomic E-state index is 12.8. The fraction of sp³-hybridized carbons (Fsp3) is 0.741. The van der Waals surface area contributed by atoms with Crippen molar-refractivity contribution in [2.75, 3.05) is 6.61 Å². The van der Waals surface area contributed by atoms with Crippen LogP contribution in [0, 0.1) is 23.7 Å². The van der Waals surface area contributed by atoms with Crippen molar-refractivity contribution in [1.82, 2.24) is 0 Å². The number of aliphatic hydroxyl groups excluding tert-OH is 1. The molecule has 5 rings (SSSR count). The number of carbonyl (C=O) groups is 1. The summed E-state index contributed by atoms with van der Waals surface area (Å²) in [6.45, 7) is 0.184. The van der Waals surface area contributed by atoms with Gasteiger partial charge in [0.2, 0.25) is 6.29 Å². The number of aliphatic hydroxyl groups is 1. The lowest BCUT2D eigenvalue weighted by molar-refractivity contribution is -0.141. The highest BCUT2D eigenvalue weighted by atomic mass is 16.6. The minimum Gasteiger partial charge on any atom is -0.465 e. The molecular formula is C27H38O4. The van der Waals surface area contributed by atoms with Crippen LogP contribution in [-0.4, -0.2) is 29.9 Å². The molecule has 0 aromatic heterocycles. The third-order valence-electron chi connectivity index (χ3n) is 8.50. The Bertz CT molecular complexity index is 757. The Hall–Kier alpha value is -1.39. The van der Waals surface area contributed by atoms with Gasteiger partial charge in [-0.3, -0.25) is 4.79 Å². The molecule has 1 aliphatic heterocycles. The van der Waals surface area contributed by atoms with Crippen molar-refractivity contribution >= 4 is 5.78 Å². The lowest BCUT2D eigenvalue weighted by Crippen LogP contribution is -2.40. The minimum atomic E-state index is -0.707. The molecule has 4 heteroatoms. The Morgan fingerprint density at radius 3 is 2.61 bits per heavy atom. The maximum Gasteiger partial charge on any atom is 0.200 e. The van der Waals surface area contributed by atoms with E-state index in [9.17, 15) is 9.90 Å². The summed E-state index contributed by atoms with van der Waals surface area (Å²) in [6, 6.07) is 0. The molecule has 5 unspecified atom stereocenters. The van der Waals surface area contributed by atoms with Crippen LogP contribution in [0.4, 0.5) is 0 Å². The third kappa shape index (κ3) is 4.71. The standard InChI is InChI=1S/C27H38O4/c28-25(20-12-10-19(11-13-20)18-6-2-1-3-7-18)17-30-21-14-15-23-22-8-4-5-9-24(22)27(29)31-26(23)16-21/h10,15-16,18,20-22,24,27,29H,1-9,11-14,17H2. The average molecular weight is 427 g/mol. The minimum absolute atomic E-state index is 0.116. The zero-order chi connectivity index (χ0) is 21.2. The Morgan fingerprint density at radius 1 is 1.00 bits per heavy atom. The molecule has 5 aliphatic rings. The van der Waals surface area contributed by atoms with Crippen molar-refractivity contribution in [3.63, 3.8) is 0 Å². The number of allylic oxidation sites excluding steroid dienone is 3. The Balaban J connectivity index is 1.12. The lowest BCUT2D eigenvalue weighted by Gasteiger charge is -2.43. The third-order valence-corrected chi connectivity index (χ3v) is 8.50. The highest BCUT2D eigenvalue weighted by Gasteiger charge is 2.41. The highest BCUT2D eigenvalue weighted by Crippen LogP contribution is 2.46. The first-order valence-corrected chi connectivity index (χ1v) is 12.8. The molecule has 31 heavy (non-hydrogen) atoms. The first-order chi connectivity index (χ1) is 15.2. The second kappa shape index (κ2) is 9.62. The Morgan fingerprint density at radius 2 is 1.81 bits per heavy atom. The smallest absolute Gasteiger partial charge is 0.200 e. The van der Waals surface area contributed by atoms with E-state index >= 15 is 0 Å². The van der Waals surface area contributed by atoms with Crippen molar-refractivity contribution < 1.29 is 19.4 Å². The molecule has 0 bridgehead atoms. The molecule has 4 aliphatic carbocycles. The van der Waals surface area contributed by atoms with Crippen LogP contribution in [0.15, 0.2) is 35.1 Å². The summed E-state index contributed by atoms with van der Waals surface area (Å²) in [6.07, 6.45) is 20.9. The molecule has 0 aromatic carbocycles. The summed E-state index contributed by atoms with van der Waals surface area (Å²) in [4.78, 5) is 12.8. The van der Waals surface area contributed by atoms with Gasteiger partial charge in [-0.25, -0.2) is 0 Å². The first-order valence-electron chi connectivity index (χ1n) is 12.8. The summed E-state index contributed by atoms with van der Waals surface area (Å²) >= 11 is 0. The van der Waals surface area contributed by atoms with Crippen LogP contribution in [0.2, 0.25) is 0 Å². The Kier molecular flexibility index (Phi) is 6.66. The summed E-state index contributed by atoms with van der Waals surface area (Å²) in [5.41, 5.74) is 2.88. The molecule has 1 N–H and O–H groups in total. The van der Waals surface area contributed by atoms with E-state index in [1.165, 1.54) is 50.5 Å². The van der Waals surface area contributed by atoms with Crippen molar-refractivity contribution in [2.24, 2.45) is 23.7 Å². The monoisotopic (exact) mass is 426 g/mol. The van der Waals surface area contributed by atoms with Crippen LogP contribution in [0.25, 0.3) is 0 Å². The van der Waals surface area contributed by atoms with Crippen LogP contribution in [-0.2, 0) is 14.3 Å². The number of ketones is 1. The lowest BCUT2D eigenvalue weighted by atomic mass is 9.71. The fourth-order valence-corrected chi connectivity index (χ4v) is 6.64. The number of hydrogen-bond acceptors (Lipinski definition) is 4. The van der Waals surface area contributed by atoms with Crippen LogP contribution < -0.4 is 0 Å². The maximum atomic E-state index is 12.8. The molecule has 2 saturated carbocycles. The second-order valence-electron chi connectivity index (χ2n) is 10.4. The topological polar surface area (TPSA) is 55.8 Å². The molecule has 4 nitrogen and oxygen atoms in total. The molecule has 0 aromatic rings. The molecule has 1 heterocycles. The SMILES string of the molecule is O=C(COC1C=C2OC(O)C3CCCCC3C2=CC1)C1CC=C(C2CCCCC2)CC1. The number of Topliss-reactive ketones (excluding diaryl/α,β-unsaturated/α-hetero) is 1.